The van der Waals surface area contributed by atoms with Crippen LogP contribution in [-0.4, -0.2) is 46.1 Å². The van der Waals surface area contributed by atoms with Gasteiger partial charge in [0.1, 0.15) is 0 Å². The van der Waals surface area contributed by atoms with Gasteiger partial charge >= 0.3 is 0 Å². The molecule has 21 heavy (non-hydrogen) atoms. The summed E-state index contributed by atoms with van der Waals surface area (Å²) in [5.74, 6) is 0.731. The van der Waals surface area contributed by atoms with Crippen LogP contribution in [0.1, 0.15) is 25.7 Å². The minimum absolute atomic E-state index is 0.0442. The molecular weight excluding hydrogens is 268 g/mol. The average molecular weight is 288 g/mol. The lowest BCUT2D eigenvalue weighted by Gasteiger charge is -2.23. The first-order valence-corrected chi connectivity index (χ1v) is 7.64. The van der Waals surface area contributed by atoms with Crippen LogP contribution in [0.5, 0.6) is 0 Å². The Hall–Kier alpha value is -1.85. The molecule has 6 nitrogen and oxygen atoms in total. The number of aromatic nitrogens is 2. The second-order valence-corrected chi connectivity index (χ2v) is 6.81. The van der Waals surface area contributed by atoms with Crippen molar-refractivity contribution in [2.24, 2.45) is 18.4 Å². The summed E-state index contributed by atoms with van der Waals surface area (Å²) >= 11 is 0. The van der Waals surface area contributed by atoms with Crippen molar-refractivity contribution in [1.29, 1.82) is 0 Å². The normalized spacial score (nSPS) is 28.9. The third kappa shape index (κ3) is 2.13. The Morgan fingerprint density at radius 1 is 1.38 bits per heavy atom. The molecular formula is C15H20N4O2. The fourth-order valence-electron chi connectivity index (χ4n) is 3.66. The number of hydrogen-bond donors (Lipinski definition) is 0. The maximum Gasteiger partial charge on any atom is 0.227 e. The van der Waals surface area contributed by atoms with Crippen molar-refractivity contribution >= 4 is 17.5 Å². The molecule has 3 fully saturated rings. The number of hydrogen-bond acceptors (Lipinski definition) is 3. The van der Waals surface area contributed by atoms with Crippen molar-refractivity contribution in [1.82, 2.24) is 14.7 Å². The van der Waals surface area contributed by atoms with Gasteiger partial charge in [0.15, 0.2) is 0 Å². The zero-order chi connectivity index (χ0) is 14.6. The highest BCUT2D eigenvalue weighted by Crippen LogP contribution is 2.43. The van der Waals surface area contributed by atoms with Crippen LogP contribution < -0.4 is 4.90 Å². The molecule has 0 radical (unpaired) electrons. The molecule has 2 aliphatic heterocycles. The molecule has 0 bridgehead atoms. The number of carbonyl (C=O) groups is 2. The fourth-order valence-corrected chi connectivity index (χ4v) is 3.66. The highest BCUT2D eigenvalue weighted by atomic mass is 16.2. The topological polar surface area (TPSA) is 58.4 Å². The van der Waals surface area contributed by atoms with E-state index in [0.717, 1.165) is 38.0 Å². The van der Waals surface area contributed by atoms with Crippen molar-refractivity contribution in [2.75, 3.05) is 24.5 Å². The molecule has 0 N–H and O–H groups in total. The molecule has 2 saturated heterocycles. The first kappa shape index (κ1) is 12.9. The Morgan fingerprint density at radius 2 is 2.19 bits per heavy atom. The van der Waals surface area contributed by atoms with Gasteiger partial charge in [-0.1, -0.05) is 0 Å². The Morgan fingerprint density at radius 3 is 2.86 bits per heavy atom. The van der Waals surface area contributed by atoms with Crippen LogP contribution in [-0.2, 0) is 16.6 Å². The zero-order valence-corrected chi connectivity index (χ0v) is 12.3. The van der Waals surface area contributed by atoms with Gasteiger partial charge in [-0.2, -0.15) is 5.10 Å². The summed E-state index contributed by atoms with van der Waals surface area (Å²) in [6.45, 7) is 2.26. The molecule has 1 atom stereocenters. The number of rotatable bonds is 2. The summed E-state index contributed by atoms with van der Waals surface area (Å²) in [5.41, 5.74) is 0.823. The van der Waals surface area contributed by atoms with E-state index >= 15 is 0 Å². The molecule has 112 valence electrons. The van der Waals surface area contributed by atoms with E-state index in [4.69, 9.17) is 0 Å². The summed E-state index contributed by atoms with van der Waals surface area (Å²) < 4.78 is 1.71. The van der Waals surface area contributed by atoms with Crippen molar-refractivity contribution < 1.29 is 9.59 Å². The number of anilines is 1. The van der Waals surface area contributed by atoms with Gasteiger partial charge in [-0.25, -0.2) is 0 Å². The molecule has 3 aliphatic rings. The minimum Gasteiger partial charge on any atom is -0.342 e. The van der Waals surface area contributed by atoms with Crippen LogP contribution in [0, 0.1) is 11.3 Å². The molecule has 1 spiro atoms. The fraction of sp³-hybridized carbons (Fsp3) is 0.667. The Bertz CT molecular complexity index is 607. The Kier molecular flexibility index (Phi) is 2.65. The lowest BCUT2D eigenvalue weighted by Crippen LogP contribution is -2.34. The lowest BCUT2D eigenvalue weighted by molar-refractivity contribution is -0.132. The maximum atomic E-state index is 12.4. The molecule has 4 rings (SSSR count). The first-order chi connectivity index (χ1) is 10.1. The van der Waals surface area contributed by atoms with Gasteiger partial charge in [0.05, 0.1) is 11.9 Å². The summed E-state index contributed by atoms with van der Waals surface area (Å²) in [6.07, 6.45) is 7.19. The van der Waals surface area contributed by atoms with E-state index < -0.39 is 0 Å². The number of carbonyl (C=O) groups excluding carboxylic acids is 2. The van der Waals surface area contributed by atoms with Gasteiger partial charge in [0.2, 0.25) is 11.8 Å². The van der Waals surface area contributed by atoms with Gasteiger partial charge in [-0.15, -0.1) is 0 Å². The molecule has 1 unspecified atom stereocenters. The van der Waals surface area contributed by atoms with E-state index in [1.54, 1.807) is 10.9 Å². The van der Waals surface area contributed by atoms with Gasteiger partial charge < -0.3 is 9.80 Å². The molecule has 1 aromatic rings. The SMILES string of the molecule is Cn1cc(N2CC3(CCN(C(=O)C4CC4)C3)CC2=O)cn1. The van der Waals surface area contributed by atoms with Crippen LogP contribution in [0.15, 0.2) is 12.4 Å². The van der Waals surface area contributed by atoms with E-state index in [-0.39, 0.29) is 17.2 Å². The molecule has 6 heteroatoms. The van der Waals surface area contributed by atoms with Crippen LogP contribution in [0.25, 0.3) is 0 Å². The highest BCUT2D eigenvalue weighted by Gasteiger charge is 2.50. The second-order valence-electron chi connectivity index (χ2n) is 6.81. The quantitative estimate of drug-likeness (QED) is 0.808. The Labute approximate surface area is 123 Å². The van der Waals surface area contributed by atoms with Gasteiger partial charge in [0.25, 0.3) is 0 Å². The van der Waals surface area contributed by atoms with Crippen LogP contribution in [0.3, 0.4) is 0 Å². The predicted octanol–water partition coefficient (Wildman–Crippen LogP) is 0.785. The van der Waals surface area contributed by atoms with Crippen molar-refractivity contribution in [3.8, 4) is 0 Å². The number of likely N-dealkylation sites (tertiary alicyclic amines) is 1. The summed E-state index contributed by atoms with van der Waals surface area (Å²) in [7, 11) is 1.85. The lowest BCUT2D eigenvalue weighted by atomic mass is 9.86. The highest BCUT2D eigenvalue weighted by molar-refractivity contribution is 5.96. The van der Waals surface area contributed by atoms with E-state index in [0.29, 0.717) is 18.9 Å². The number of amides is 2. The largest absolute Gasteiger partial charge is 0.342 e. The van der Waals surface area contributed by atoms with E-state index in [1.165, 1.54) is 0 Å². The molecule has 1 saturated carbocycles. The standard InChI is InChI=1S/C15H20N4O2/c1-17-8-12(7-16-17)19-10-15(6-13(19)20)4-5-18(9-15)14(21)11-2-3-11/h7-8,11H,2-6,9-10H2,1H3. The van der Waals surface area contributed by atoms with Gasteiger partial charge in [0, 0.05) is 50.6 Å². The maximum absolute atomic E-state index is 12.4. The van der Waals surface area contributed by atoms with Crippen LogP contribution >= 0.6 is 0 Å². The van der Waals surface area contributed by atoms with Crippen molar-refractivity contribution in [3.05, 3.63) is 12.4 Å². The second kappa shape index (κ2) is 4.32. The third-order valence-corrected chi connectivity index (χ3v) is 5.00. The zero-order valence-electron chi connectivity index (χ0n) is 12.3. The molecule has 2 amide bonds. The first-order valence-electron chi connectivity index (χ1n) is 7.64. The monoisotopic (exact) mass is 288 g/mol. The molecule has 1 aromatic heterocycles. The molecule has 0 aromatic carbocycles. The number of aryl methyl sites for hydroxylation is 1. The van der Waals surface area contributed by atoms with E-state index in [1.807, 2.05) is 23.0 Å². The van der Waals surface area contributed by atoms with Gasteiger partial charge in [-0.3, -0.25) is 14.3 Å². The smallest absolute Gasteiger partial charge is 0.227 e. The van der Waals surface area contributed by atoms with Crippen molar-refractivity contribution in [2.45, 2.75) is 25.7 Å². The summed E-state index contributed by atoms with van der Waals surface area (Å²) in [4.78, 5) is 28.4. The minimum atomic E-state index is -0.0442. The predicted molar refractivity (Wildman–Crippen MR) is 76.5 cm³/mol. The van der Waals surface area contributed by atoms with E-state index in [2.05, 4.69) is 5.10 Å². The average Bonchev–Trinajstić information content (AvgIpc) is 2.97. The Balaban J connectivity index is 1.50. The summed E-state index contributed by atoms with van der Waals surface area (Å²) in [5, 5.41) is 4.14. The van der Waals surface area contributed by atoms with E-state index in [9.17, 15) is 9.59 Å². The van der Waals surface area contributed by atoms with Crippen LogP contribution in [0.2, 0.25) is 0 Å². The third-order valence-electron chi connectivity index (χ3n) is 5.00. The molecule has 1 aliphatic carbocycles. The van der Waals surface area contributed by atoms with Gasteiger partial charge in [-0.05, 0) is 19.3 Å². The molecule has 3 heterocycles. The van der Waals surface area contributed by atoms with Crippen molar-refractivity contribution in [3.63, 3.8) is 0 Å². The van der Waals surface area contributed by atoms with Crippen LogP contribution in [0.4, 0.5) is 5.69 Å². The number of nitrogens with zero attached hydrogens (tertiary/aromatic N) is 4. The summed E-state index contributed by atoms with van der Waals surface area (Å²) in [6, 6.07) is 0.